The Labute approximate surface area is 107 Å². The second kappa shape index (κ2) is 7.40. The molecule has 1 atom stereocenters. The van der Waals surface area contributed by atoms with Crippen LogP contribution in [0.2, 0.25) is 0 Å². The fourth-order valence-corrected chi connectivity index (χ4v) is 2.30. The molecule has 0 aliphatic rings. The second-order valence-corrected chi connectivity index (χ2v) is 5.26. The summed E-state index contributed by atoms with van der Waals surface area (Å²) in [7, 11) is 0. The zero-order chi connectivity index (χ0) is 12.7. The highest BCUT2D eigenvalue weighted by Crippen LogP contribution is 2.13. The standard InChI is InChI=1S/C12H21N3OS/c1-3-9(6-13)5-11(16)14-8-12-15-7-10(4-2)17-12/h7,9H,3-6,8,13H2,1-2H3,(H,14,16). The molecule has 5 heteroatoms. The Morgan fingerprint density at radius 1 is 1.59 bits per heavy atom. The van der Waals surface area contributed by atoms with E-state index in [0.717, 1.165) is 17.8 Å². The quantitative estimate of drug-likeness (QED) is 0.779. The number of nitrogens with one attached hydrogen (secondary N) is 1. The fourth-order valence-electron chi connectivity index (χ4n) is 1.50. The van der Waals surface area contributed by atoms with Gasteiger partial charge < -0.3 is 11.1 Å². The molecule has 0 radical (unpaired) electrons. The summed E-state index contributed by atoms with van der Waals surface area (Å²) in [6, 6.07) is 0. The van der Waals surface area contributed by atoms with E-state index >= 15 is 0 Å². The summed E-state index contributed by atoms with van der Waals surface area (Å²) < 4.78 is 0. The van der Waals surface area contributed by atoms with E-state index in [2.05, 4.69) is 24.1 Å². The minimum Gasteiger partial charge on any atom is -0.350 e. The Hall–Kier alpha value is -0.940. The van der Waals surface area contributed by atoms with Crippen molar-refractivity contribution in [1.82, 2.24) is 10.3 Å². The lowest BCUT2D eigenvalue weighted by atomic mass is 10.0. The van der Waals surface area contributed by atoms with E-state index in [4.69, 9.17) is 5.73 Å². The van der Waals surface area contributed by atoms with Crippen molar-refractivity contribution in [3.63, 3.8) is 0 Å². The van der Waals surface area contributed by atoms with Crippen LogP contribution in [0, 0.1) is 5.92 Å². The molecule has 17 heavy (non-hydrogen) atoms. The van der Waals surface area contributed by atoms with Gasteiger partial charge in [-0.3, -0.25) is 4.79 Å². The van der Waals surface area contributed by atoms with Crippen molar-refractivity contribution in [3.8, 4) is 0 Å². The summed E-state index contributed by atoms with van der Waals surface area (Å²) in [6.07, 6.45) is 4.33. The fraction of sp³-hybridized carbons (Fsp3) is 0.667. The Morgan fingerprint density at radius 2 is 2.35 bits per heavy atom. The van der Waals surface area contributed by atoms with E-state index < -0.39 is 0 Å². The van der Waals surface area contributed by atoms with Gasteiger partial charge in [-0.2, -0.15) is 0 Å². The molecule has 0 aromatic carbocycles. The highest BCUT2D eigenvalue weighted by Gasteiger charge is 2.10. The van der Waals surface area contributed by atoms with Gasteiger partial charge in [-0.05, 0) is 18.9 Å². The number of hydrogen-bond donors (Lipinski definition) is 2. The molecule has 0 aliphatic heterocycles. The lowest BCUT2D eigenvalue weighted by Crippen LogP contribution is -2.27. The predicted molar refractivity (Wildman–Crippen MR) is 70.8 cm³/mol. The molecule has 0 saturated carbocycles. The normalized spacial score (nSPS) is 12.4. The molecule has 0 bridgehead atoms. The van der Waals surface area contributed by atoms with Gasteiger partial charge in [-0.25, -0.2) is 4.98 Å². The summed E-state index contributed by atoms with van der Waals surface area (Å²) >= 11 is 1.65. The van der Waals surface area contributed by atoms with Gasteiger partial charge in [-0.15, -0.1) is 11.3 Å². The smallest absolute Gasteiger partial charge is 0.220 e. The molecule has 96 valence electrons. The number of aromatic nitrogens is 1. The number of hydrogen-bond acceptors (Lipinski definition) is 4. The van der Waals surface area contributed by atoms with Gasteiger partial charge >= 0.3 is 0 Å². The SMILES string of the molecule is CCc1cnc(CNC(=O)CC(CC)CN)s1. The zero-order valence-corrected chi connectivity index (χ0v) is 11.3. The summed E-state index contributed by atoms with van der Waals surface area (Å²) in [5.41, 5.74) is 5.57. The molecule has 1 rings (SSSR count). The maximum atomic E-state index is 11.6. The third-order valence-electron chi connectivity index (χ3n) is 2.77. The molecule has 1 aromatic heterocycles. The molecule has 0 spiro atoms. The van der Waals surface area contributed by atoms with Gasteiger partial charge in [0.1, 0.15) is 5.01 Å². The van der Waals surface area contributed by atoms with E-state index in [9.17, 15) is 4.79 Å². The monoisotopic (exact) mass is 255 g/mol. The first-order chi connectivity index (χ1) is 8.19. The van der Waals surface area contributed by atoms with Crippen LogP contribution in [0.15, 0.2) is 6.20 Å². The molecule has 1 unspecified atom stereocenters. The van der Waals surface area contributed by atoms with Crippen LogP contribution in [0.1, 0.15) is 36.6 Å². The van der Waals surface area contributed by atoms with Crippen LogP contribution >= 0.6 is 11.3 Å². The number of nitrogens with two attached hydrogens (primary N) is 1. The van der Waals surface area contributed by atoms with Gasteiger partial charge in [-0.1, -0.05) is 20.3 Å². The zero-order valence-electron chi connectivity index (χ0n) is 10.5. The van der Waals surface area contributed by atoms with Crippen LogP contribution in [0.4, 0.5) is 0 Å². The average Bonchev–Trinajstić information content (AvgIpc) is 2.81. The van der Waals surface area contributed by atoms with E-state index in [1.54, 1.807) is 11.3 Å². The van der Waals surface area contributed by atoms with Gasteiger partial charge in [0, 0.05) is 17.5 Å². The Bertz CT molecular complexity index is 347. The Balaban J connectivity index is 2.32. The molecular formula is C12H21N3OS. The molecular weight excluding hydrogens is 234 g/mol. The number of carbonyl (C=O) groups is 1. The average molecular weight is 255 g/mol. The lowest BCUT2D eigenvalue weighted by molar-refractivity contribution is -0.122. The van der Waals surface area contributed by atoms with Crippen molar-refractivity contribution in [1.29, 1.82) is 0 Å². The topological polar surface area (TPSA) is 68.0 Å². The summed E-state index contributed by atoms with van der Waals surface area (Å²) in [6.45, 7) is 5.26. The maximum Gasteiger partial charge on any atom is 0.220 e. The van der Waals surface area contributed by atoms with Crippen molar-refractivity contribution in [3.05, 3.63) is 16.1 Å². The second-order valence-electron chi connectivity index (χ2n) is 4.06. The summed E-state index contributed by atoms with van der Waals surface area (Å²) in [5, 5.41) is 3.86. The number of amides is 1. The predicted octanol–water partition coefficient (Wildman–Crippen LogP) is 1.70. The first-order valence-corrected chi connectivity index (χ1v) is 6.91. The minimum atomic E-state index is 0.0653. The van der Waals surface area contributed by atoms with E-state index in [1.165, 1.54) is 4.88 Å². The Kier molecular flexibility index (Phi) is 6.15. The number of aryl methyl sites for hydroxylation is 1. The van der Waals surface area contributed by atoms with Crippen molar-refractivity contribution in [2.45, 2.75) is 39.7 Å². The first kappa shape index (κ1) is 14.1. The third kappa shape index (κ3) is 4.83. The lowest BCUT2D eigenvalue weighted by Gasteiger charge is -2.11. The van der Waals surface area contributed by atoms with E-state index in [-0.39, 0.29) is 11.8 Å². The minimum absolute atomic E-state index is 0.0653. The number of thiazole rings is 1. The highest BCUT2D eigenvalue weighted by molar-refractivity contribution is 7.11. The van der Waals surface area contributed by atoms with Crippen molar-refractivity contribution < 1.29 is 4.79 Å². The summed E-state index contributed by atoms with van der Waals surface area (Å²) in [4.78, 5) is 17.1. The van der Waals surface area contributed by atoms with Crippen LogP contribution in [0.3, 0.4) is 0 Å². The van der Waals surface area contributed by atoms with Crippen LogP contribution < -0.4 is 11.1 Å². The number of carbonyl (C=O) groups excluding carboxylic acids is 1. The molecule has 1 heterocycles. The van der Waals surface area contributed by atoms with Crippen LogP contribution in [-0.4, -0.2) is 17.4 Å². The van der Waals surface area contributed by atoms with Crippen molar-refractivity contribution in [2.24, 2.45) is 11.7 Å². The number of rotatable bonds is 7. The van der Waals surface area contributed by atoms with Crippen LogP contribution in [-0.2, 0) is 17.8 Å². The number of nitrogens with zero attached hydrogens (tertiary/aromatic N) is 1. The van der Waals surface area contributed by atoms with E-state index in [0.29, 0.717) is 19.5 Å². The van der Waals surface area contributed by atoms with Gasteiger partial charge in [0.25, 0.3) is 0 Å². The highest BCUT2D eigenvalue weighted by atomic mass is 32.1. The van der Waals surface area contributed by atoms with Crippen LogP contribution in [0.5, 0.6) is 0 Å². The molecule has 4 nitrogen and oxygen atoms in total. The molecule has 1 amide bonds. The molecule has 3 N–H and O–H groups in total. The third-order valence-corrected chi connectivity index (χ3v) is 3.91. The van der Waals surface area contributed by atoms with Gasteiger partial charge in [0.2, 0.25) is 5.91 Å². The largest absolute Gasteiger partial charge is 0.350 e. The van der Waals surface area contributed by atoms with Gasteiger partial charge in [0.15, 0.2) is 0 Å². The molecule has 0 fully saturated rings. The Morgan fingerprint density at radius 3 is 2.88 bits per heavy atom. The van der Waals surface area contributed by atoms with Crippen molar-refractivity contribution in [2.75, 3.05) is 6.54 Å². The first-order valence-electron chi connectivity index (χ1n) is 6.09. The molecule has 0 saturated heterocycles. The van der Waals surface area contributed by atoms with Gasteiger partial charge in [0.05, 0.1) is 6.54 Å². The maximum absolute atomic E-state index is 11.6. The van der Waals surface area contributed by atoms with Crippen molar-refractivity contribution >= 4 is 17.2 Å². The summed E-state index contributed by atoms with van der Waals surface area (Å²) in [5.74, 6) is 0.355. The molecule has 1 aromatic rings. The van der Waals surface area contributed by atoms with E-state index in [1.807, 2.05) is 6.20 Å². The van der Waals surface area contributed by atoms with Crippen LogP contribution in [0.25, 0.3) is 0 Å². The molecule has 0 aliphatic carbocycles.